The number of rotatable bonds is 9. The van der Waals surface area contributed by atoms with Gasteiger partial charge in [-0.1, -0.05) is 24.3 Å². The number of aromatic nitrogens is 1. The van der Waals surface area contributed by atoms with Gasteiger partial charge < -0.3 is 19.7 Å². The van der Waals surface area contributed by atoms with E-state index < -0.39 is 0 Å². The summed E-state index contributed by atoms with van der Waals surface area (Å²) in [6.45, 7) is 8.31. The summed E-state index contributed by atoms with van der Waals surface area (Å²) in [7, 11) is 0. The van der Waals surface area contributed by atoms with Gasteiger partial charge in [-0.15, -0.1) is 0 Å². The van der Waals surface area contributed by atoms with Gasteiger partial charge >= 0.3 is 0 Å². The lowest BCUT2D eigenvalue weighted by molar-refractivity contribution is -0.131. The molecule has 0 saturated carbocycles. The monoisotopic (exact) mass is 476 g/mol. The van der Waals surface area contributed by atoms with Crippen LogP contribution in [0.15, 0.2) is 54.7 Å². The molecule has 0 unspecified atom stereocenters. The summed E-state index contributed by atoms with van der Waals surface area (Å²) in [6.07, 6.45) is 1.82. The summed E-state index contributed by atoms with van der Waals surface area (Å²) < 4.78 is 11.1. The third-order valence-electron chi connectivity index (χ3n) is 6.04. The van der Waals surface area contributed by atoms with Crippen molar-refractivity contribution < 1.29 is 19.1 Å². The number of ether oxygens (including phenoxy) is 2. The normalized spacial score (nSPS) is 14.1. The molecule has 1 aliphatic rings. The topological polar surface area (TPSA) is 84.0 Å². The number of para-hydroxylation sites is 1. The Kier molecular flexibility index (Phi) is 8.15. The van der Waals surface area contributed by atoms with Crippen LogP contribution in [0.1, 0.15) is 29.8 Å². The van der Waals surface area contributed by atoms with E-state index in [0.717, 1.165) is 30.5 Å². The van der Waals surface area contributed by atoms with Crippen LogP contribution in [0.5, 0.6) is 11.5 Å². The Morgan fingerprint density at radius 1 is 0.943 bits per heavy atom. The van der Waals surface area contributed by atoms with E-state index >= 15 is 0 Å². The summed E-state index contributed by atoms with van der Waals surface area (Å²) in [5, 5.41) is 3.87. The lowest BCUT2D eigenvalue weighted by Gasteiger charge is -2.35. The predicted molar refractivity (Wildman–Crippen MR) is 135 cm³/mol. The van der Waals surface area contributed by atoms with Crippen molar-refractivity contribution in [2.45, 2.75) is 20.4 Å². The van der Waals surface area contributed by atoms with Crippen molar-refractivity contribution in [2.24, 2.45) is 0 Å². The van der Waals surface area contributed by atoms with Gasteiger partial charge in [0.1, 0.15) is 0 Å². The van der Waals surface area contributed by atoms with Gasteiger partial charge in [-0.3, -0.25) is 19.5 Å². The van der Waals surface area contributed by atoms with Gasteiger partial charge in [-0.2, -0.15) is 0 Å². The maximum absolute atomic E-state index is 12.7. The number of hydrogen-bond acceptors (Lipinski definition) is 6. The fraction of sp³-hybridized carbons (Fsp3) is 0.370. The third kappa shape index (κ3) is 6.08. The second-order valence-corrected chi connectivity index (χ2v) is 8.36. The molecule has 0 radical (unpaired) electrons. The van der Waals surface area contributed by atoms with Gasteiger partial charge in [-0.25, -0.2) is 0 Å². The van der Waals surface area contributed by atoms with Gasteiger partial charge in [0.05, 0.1) is 25.3 Å². The van der Waals surface area contributed by atoms with E-state index in [1.165, 1.54) is 5.56 Å². The van der Waals surface area contributed by atoms with Gasteiger partial charge in [0.2, 0.25) is 5.91 Å². The van der Waals surface area contributed by atoms with Crippen LogP contribution in [-0.4, -0.2) is 72.5 Å². The molecule has 0 spiro atoms. The molecule has 1 aromatic heterocycles. The molecule has 2 amide bonds. The Morgan fingerprint density at radius 3 is 2.46 bits per heavy atom. The highest BCUT2D eigenvalue weighted by atomic mass is 16.5. The van der Waals surface area contributed by atoms with E-state index in [4.69, 9.17) is 9.47 Å². The fourth-order valence-electron chi connectivity index (χ4n) is 4.25. The van der Waals surface area contributed by atoms with Crippen molar-refractivity contribution in [2.75, 3.05) is 45.9 Å². The number of hydrogen-bond donors (Lipinski definition) is 1. The molecule has 3 aromatic rings. The zero-order valence-corrected chi connectivity index (χ0v) is 20.3. The minimum atomic E-state index is -0.315. The highest BCUT2D eigenvalue weighted by molar-refractivity contribution is 5.97. The average molecular weight is 477 g/mol. The molecular weight excluding hydrogens is 444 g/mol. The number of carbonyl (C=O) groups is 2. The number of piperazine rings is 1. The number of nitrogens with one attached hydrogen (secondary N) is 1. The first-order chi connectivity index (χ1) is 17.1. The molecule has 2 heterocycles. The Labute approximate surface area is 205 Å². The zero-order chi connectivity index (χ0) is 24.6. The zero-order valence-electron chi connectivity index (χ0n) is 20.3. The second-order valence-electron chi connectivity index (χ2n) is 8.36. The van der Waals surface area contributed by atoms with Crippen molar-refractivity contribution in [1.82, 2.24) is 20.1 Å². The Morgan fingerprint density at radius 2 is 1.69 bits per heavy atom. The van der Waals surface area contributed by atoms with E-state index in [1.54, 1.807) is 18.2 Å². The van der Waals surface area contributed by atoms with E-state index in [-0.39, 0.29) is 18.4 Å². The van der Waals surface area contributed by atoms with Crippen LogP contribution in [0.4, 0.5) is 0 Å². The van der Waals surface area contributed by atoms with Crippen LogP contribution in [-0.2, 0) is 11.3 Å². The maximum atomic E-state index is 12.7. The Balaban J connectivity index is 1.27. The Bertz CT molecular complexity index is 1170. The number of amides is 2. The van der Waals surface area contributed by atoms with Crippen LogP contribution in [0.3, 0.4) is 0 Å². The summed E-state index contributed by atoms with van der Waals surface area (Å²) in [6, 6.07) is 15.3. The van der Waals surface area contributed by atoms with E-state index in [1.807, 2.05) is 31.0 Å². The van der Waals surface area contributed by atoms with E-state index in [0.29, 0.717) is 43.4 Å². The number of benzene rings is 2. The molecule has 1 saturated heterocycles. The number of nitrogens with zero attached hydrogens (tertiary/aromatic N) is 3. The van der Waals surface area contributed by atoms with Crippen LogP contribution >= 0.6 is 0 Å². The molecule has 0 atom stereocenters. The average Bonchev–Trinajstić information content (AvgIpc) is 2.89. The molecule has 0 bridgehead atoms. The number of fused-ring (bicyclic) bond motifs is 1. The van der Waals surface area contributed by atoms with E-state index in [9.17, 15) is 9.59 Å². The quantitative estimate of drug-likeness (QED) is 0.511. The minimum absolute atomic E-state index is 0.0384. The molecule has 1 fully saturated rings. The lowest BCUT2D eigenvalue weighted by atomic mass is 10.1. The number of pyridine rings is 1. The standard InChI is InChI=1S/C27H32N4O4/c1-3-34-23-11-10-21(17-24(23)35-4-2)27(33)29-18-25(32)31-15-13-30(14-16-31)19-22-8-5-7-20-9-6-12-28-26(20)22/h5-12,17H,3-4,13-16,18-19H2,1-2H3,(H,29,33). The van der Waals surface area contributed by atoms with Crippen molar-refractivity contribution in [3.63, 3.8) is 0 Å². The molecule has 35 heavy (non-hydrogen) atoms. The molecule has 4 rings (SSSR count). The Hall–Kier alpha value is -3.65. The van der Waals surface area contributed by atoms with Crippen LogP contribution < -0.4 is 14.8 Å². The first-order valence-corrected chi connectivity index (χ1v) is 12.1. The highest BCUT2D eigenvalue weighted by Gasteiger charge is 2.22. The molecular formula is C27H32N4O4. The molecule has 1 aliphatic heterocycles. The largest absolute Gasteiger partial charge is 0.490 e. The van der Waals surface area contributed by atoms with Crippen LogP contribution in [0.25, 0.3) is 10.9 Å². The SMILES string of the molecule is CCOc1ccc(C(=O)NCC(=O)N2CCN(Cc3cccc4cccnc34)CC2)cc1OCC. The third-order valence-corrected chi connectivity index (χ3v) is 6.04. The van der Waals surface area contributed by atoms with Gasteiger partial charge in [0.15, 0.2) is 11.5 Å². The van der Waals surface area contributed by atoms with Gasteiger partial charge in [0, 0.05) is 49.9 Å². The van der Waals surface area contributed by atoms with Crippen molar-refractivity contribution >= 4 is 22.7 Å². The van der Waals surface area contributed by atoms with Gasteiger partial charge in [0.25, 0.3) is 5.91 Å². The van der Waals surface area contributed by atoms with Gasteiger partial charge in [-0.05, 0) is 43.7 Å². The van der Waals surface area contributed by atoms with Crippen LogP contribution in [0, 0.1) is 0 Å². The molecule has 1 N–H and O–H groups in total. The van der Waals surface area contributed by atoms with Crippen LogP contribution in [0.2, 0.25) is 0 Å². The summed E-state index contributed by atoms with van der Waals surface area (Å²) in [4.78, 5) is 34.0. The first kappa shape index (κ1) is 24.5. The molecule has 184 valence electrons. The summed E-state index contributed by atoms with van der Waals surface area (Å²) >= 11 is 0. The highest BCUT2D eigenvalue weighted by Crippen LogP contribution is 2.28. The minimum Gasteiger partial charge on any atom is -0.490 e. The molecule has 2 aromatic carbocycles. The summed E-state index contributed by atoms with van der Waals surface area (Å²) in [5.74, 6) is 0.718. The summed E-state index contributed by atoms with van der Waals surface area (Å²) in [5.41, 5.74) is 2.65. The number of carbonyl (C=O) groups excluding carboxylic acids is 2. The first-order valence-electron chi connectivity index (χ1n) is 12.1. The fourth-order valence-corrected chi connectivity index (χ4v) is 4.25. The molecule has 8 nitrogen and oxygen atoms in total. The molecule has 0 aliphatic carbocycles. The second kappa shape index (κ2) is 11.7. The predicted octanol–water partition coefficient (Wildman–Crippen LogP) is 3.11. The maximum Gasteiger partial charge on any atom is 0.251 e. The lowest BCUT2D eigenvalue weighted by Crippen LogP contribution is -2.50. The molecule has 8 heteroatoms. The van der Waals surface area contributed by atoms with Crippen molar-refractivity contribution in [3.8, 4) is 11.5 Å². The van der Waals surface area contributed by atoms with E-state index in [2.05, 4.69) is 39.5 Å². The smallest absolute Gasteiger partial charge is 0.251 e. The van der Waals surface area contributed by atoms with Crippen molar-refractivity contribution in [1.29, 1.82) is 0 Å². The van der Waals surface area contributed by atoms with Crippen molar-refractivity contribution in [3.05, 3.63) is 65.9 Å².